The lowest BCUT2D eigenvalue weighted by molar-refractivity contribution is 0.422. The van der Waals surface area contributed by atoms with E-state index >= 15 is 0 Å². The van der Waals surface area contributed by atoms with Crippen LogP contribution in [0, 0.1) is 0 Å². The molecule has 1 N–H and O–H groups in total. The number of aromatic nitrogens is 2. The van der Waals surface area contributed by atoms with Crippen molar-refractivity contribution in [3.05, 3.63) is 78.6 Å². The molecule has 0 saturated carbocycles. The Hall–Kier alpha value is -3.31. The number of furan rings is 1. The Bertz CT molecular complexity index is 1110. The van der Waals surface area contributed by atoms with Gasteiger partial charge in [0.1, 0.15) is 12.0 Å². The third-order valence-electron chi connectivity index (χ3n) is 4.29. The van der Waals surface area contributed by atoms with Gasteiger partial charge in [-0.05, 0) is 29.1 Å². The second kappa shape index (κ2) is 6.20. The Morgan fingerprint density at radius 3 is 2.42 bits per heavy atom. The number of benzene rings is 1. The van der Waals surface area contributed by atoms with Crippen molar-refractivity contribution in [2.24, 2.45) is 0 Å². The zero-order chi connectivity index (χ0) is 17.3. The van der Waals surface area contributed by atoms with Crippen LogP contribution < -0.4 is 0 Å². The number of thiophene rings is 1. The van der Waals surface area contributed by atoms with E-state index < -0.39 is 0 Å². The monoisotopic (exact) mass is 358 g/mol. The van der Waals surface area contributed by atoms with E-state index in [1.165, 1.54) is 0 Å². The molecule has 0 fully saturated rings. The smallest absolute Gasteiger partial charge is 0.150 e. The molecule has 0 amide bonds. The standard InChI is InChI=1S/C21H14N2O2S/c1-2-6-14(7-3-1)20-18(15-10-12-25-23-15)19(17-9-5-13-26-17)21(22-20)16-8-4-11-24-16/h1-13,22H. The highest BCUT2D eigenvalue weighted by molar-refractivity contribution is 7.13. The van der Waals surface area contributed by atoms with E-state index in [2.05, 4.69) is 33.7 Å². The zero-order valence-electron chi connectivity index (χ0n) is 13.7. The topological polar surface area (TPSA) is 55.0 Å². The minimum atomic E-state index is 0.792. The Morgan fingerprint density at radius 1 is 0.808 bits per heavy atom. The van der Waals surface area contributed by atoms with Crippen molar-refractivity contribution in [2.45, 2.75) is 0 Å². The molecule has 0 aliphatic rings. The fourth-order valence-corrected chi connectivity index (χ4v) is 3.97. The van der Waals surface area contributed by atoms with Crippen LogP contribution in [0.25, 0.3) is 44.4 Å². The van der Waals surface area contributed by atoms with Crippen molar-refractivity contribution in [1.29, 1.82) is 0 Å². The Balaban J connectivity index is 1.88. The van der Waals surface area contributed by atoms with Crippen molar-refractivity contribution in [3.8, 4) is 44.4 Å². The van der Waals surface area contributed by atoms with Crippen LogP contribution >= 0.6 is 11.3 Å². The molecule has 0 unspecified atom stereocenters. The molecule has 0 radical (unpaired) electrons. The van der Waals surface area contributed by atoms with Crippen molar-refractivity contribution >= 4 is 11.3 Å². The van der Waals surface area contributed by atoms with Gasteiger partial charge in [-0.3, -0.25) is 0 Å². The van der Waals surface area contributed by atoms with Crippen molar-refractivity contribution in [2.75, 3.05) is 0 Å². The predicted molar refractivity (Wildman–Crippen MR) is 103 cm³/mol. The molecular formula is C21H14N2O2S. The summed E-state index contributed by atoms with van der Waals surface area (Å²) < 4.78 is 10.9. The van der Waals surface area contributed by atoms with Crippen molar-refractivity contribution < 1.29 is 8.94 Å². The lowest BCUT2D eigenvalue weighted by atomic mass is 9.99. The van der Waals surface area contributed by atoms with E-state index in [4.69, 9.17) is 8.94 Å². The highest BCUT2D eigenvalue weighted by Gasteiger charge is 2.25. The summed E-state index contributed by atoms with van der Waals surface area (Å²) in [5.41, 5.74) is 5.90. The molecule has 0 spiro atoms. The van der Waals surface area contributed by atoms with Gasteiger partial charge in [0.05, 0.1) is 17.7 Å². The summed E-state index contributed by atoms with van der Waals surface area (Å²) >= 11 is 1.69. The maximum atomic E-state index is 5.71. The average Bonchev–Trinajstić information content (AvgIpc) is 3.49. The second-order valence-corrected chi connectivity index (χ2v) is 6.78. The lowest BCUT2D eigenvalue weighted by Gasteiger charge is -2.04. The van der Waals surface area contributed by atoms with E-state index in [-0.39, 0.29) is 0 Å². The largest absolute Gasteiger partial charge is 0.463 e. The number of nitrogens with zero attached hydrogens (tertiary/aromatic N) is 1. The van der Waals surface area contributed by atoms with Gasteiger partial charge in [0.2, 0.25) is 0 Å². The minimum absolute atomic E-state index is 0.792. The van der Waals surface area contributed by atoms with Gasteiger partial charge >= 0.3 is 0 Å². The van der Waals surface area contributed by atoms with Crippen LogP contribution in [0.4, 0.5) is 0 Å². The first-order chi connectivity index (χ1) is 12.9. The summed E-state index contributed by atoms with van der Waals surface area (Å²) in [6.45, 7) is 0. The SMILES string of the molecule is c1ccc(-c2[nH]c(-c3ccco3)c(-c3cccs3)c2-c2ccon2)cc1. The fraction of sp³-hybridized carbons (Fsp3) is 0. The number of rotatable bonds is 4. The maximum Gasteiger partial charge on any atom is 0.150 e. The van der Waals surface area contributed by atoms with Gasteiger partial charge in [0.15, 0.2) is 5.76 Å². The molecule has 1 aromatic carbocycles. The fourth-order valence-electron chi connectivity index (χ4n) is 3.19. The van der Waals surface area contributed by atoms with Gasteiger partial charge in [-0.25, -0.2) is 0 Å². The van der Waals surface area contributed by atoms with Crippen LogP contribution in [0.1, 0.15) is 0 Å². The maximum absolute atomic E-state index is 5.71. The zero-order valence-corrected chi connectivity index (χ0v) is 14.5. The molecule has 0 aliphatic carbocycles. The second-order valence-electron chi connectivity index (χ2n) is 5.83. The predicted octanol–water partition coefficient (Wildman–Crippen LogP) is 6.33. The molecule has 4 aromatic heterocycles. The molecule has 0 atom stereocenters. The van der Waals surface area contributed by atoms with Crippen LogP contribution in [-0.2, 0) is 0 Å². The van der Waals surface area contributed by atoms with Gasteiger partial charge in [-0.1, -0.05) is 41.6 Å². The first-order valence-corrected chi connectivity index (χ1v) is 9.09. The molecule has 4 heterocycles. The molecule has 0 saturated heterocycles. The van der Waals surface area contributed by atoms with Crippen LogP contribution in [0.15, 0.2) is 87.5 Å². The third kappa shape index (κ3) is 2.41. The van der Waals surface area contributed by atoms with E-state index in [0.717, 1.165) is 44.4 Å². The Morgan fingerprint density at radius 2 is 1.73 bits per heavy atom. The quantitative estimate of drug-likeness (QED) is 0.409. The van der Waals surface area contributed by atoms with Crippen LogP contribution in [0.2, 0.25) is 0 Å². The highest BCUT2D eigenvalue weighted by atomic mass is 32.1. The molecular weight excluding hydrogens is 344 g/mol. The van der Waals surface area contributed by atoms with Gasteiger partial charge < -0.3 is 13.9 Å². The van der Waals surface area contributed by atoms with Gasteiger partial charge in [0, 0.05) is 22.1 Å². The minimum Gasteiger partial charge on any atom is -0.463 e. The molecule has 5 heteroatoms. The van der Waals surface area contributed by atoms with E-state index in [9.17, 15) is 0 Å². The summed E-state index contributed by atoms with van der Waals surface area (Å²) in [5, 5.41) is 6.29. The van der Waals surface area contributed by atoms with E-state index in [1.807, 2.05) is 42.5 Å². The number of H-pyrrole nitrogens is 1. The number of aromatic amines is 1. The molecule has 0 bridgehead atoms. The van der Waals surface area contributed by atoms with Gasteiger partial charge in [0.25, 0.3) is 0 Å². The van der Waals surface area contributed by atoms with Crippen LogP contribution in [0.3, 0.4) is 0 Å². The lowest BCUT2D eigenvalue weighted by Crippen LogP contribution is -1.84. The summed E-state index contributed by atoms with van der Waals surface area (Å²) in [7, 11) is 0. The summed E-state index contributed by atoms with van der Waals surface area (Å²) in [6.07, 6.45) is 3.29. The van der Waals surface area contributed by atoms with Crippen molar-refractivity contribution in [1.82, 2.24) is 10.1 Å². The summed E-state index contributed by atoms with van der Waals surface area (Å²) in [5.74, 6) is 0.792. The molecule has 26 heavy (non-hydrogen) atoms. The molecule has 5 aromatic rings. The van der Waals surface area contributed by atoms with Crippen molar-refractivity contribution in [3.63, 3.8) is 0 Å². The molecule has 5 rings (SSSR count). The number of hydrogen-bond donors (Lipinski definition) is 1. The van der Waals surface area contributed by atoms with E-state index in [0.29, 0.717) is 0 Å². The number of hydrogen-bond acceptors (Lipinski definition) is 4. The summed E-state index contributed by atoms with van der Waals surface area (Å²) in [6, 6.07) is 20.1. The Kier molecular flexibility index (Phi) is 3.57. The number of nitrogens with one attached hydrogen (secondary N) is 1. The van der Waals surface area contributed by atoms with E-state index in [1.54, 1.807) is 23.9 Å². The highest BCUT2D eigenvalue weighted by Crippen LogP contribution is 2.46. The summed E-state index contributed by atoms with van der Waals surface area (Å²) in [4.78, 5) is 4.72. The van der Waals surface area contributed by atoms with Gasteiger partial charge in [-0.15, -0.1) is 11.3 Å². The normalized spacial score (nSPS) is 11.1. The average molecular weight is 358 g/mol. The Labute approximate surface area is 153 Å². The molecule has 126 valence electrons. The molecule has 0 aliphatic heterocycles. The first-order valence-electron chi connectivity index (χ1n) is 8.21. The van der Waals surface area contributed by atoms with Crippen LogP contribution in [-0.4, -0.2) is 10.1 Å². The molecule has 4 nitrogen and oxygen atoms in total. The van der Waals surface area contributed by atoms with Crippen LogP contribution in [0.5, 0.6) is 0 Å². The van der Waals surface area contributed by atoms with Gasteiger partial charge in [-0.2, -0.15) is 0 Å². The third-order valence-corrected chi connectivity index (χ3v) is 5.18. The first kappa shape index (κ1) is 15.0.